The molecule has 2 atom stereocenters. The number of fused-ring (bicyclic) bond motifs is 1. The Hall–Kier alpha value is -2.62. The monoisotopic (exact) mass is 446 g/mol. The van der Waals surface area contributed by atoms with Crippen LogP contribution in [0.25, 0.3) is 11.0 Å². The van der Waals surface area contributed by atoms with Crippen LogP contribution in [0.5, 0.6) is 0 Å². The van der Waals surface area contributed by atoms with Crippen molar-refractivity contribution in [1.82, 2.24) is 9.55 Å². The molecule has 0 amide bonds. The van der Waals surface area contributed by atoms with Gasteiger partial charge in [0, 0.05) is 12.5 Å². The topological polar surface area (TPSA) is 44.1 Å². The zero-order chi connectivity index (χ0) is 24.0. The van der Waals surface area contributed by atoms with E-state index in [0.717, 1.165) is 36.1 Å². The van der Waals surface area contributed by atoms with Gasteiger partial charge in [-0.3, -0.25) is 0 Å². The van der Waals surface area contributed by atoms with Gasteiger partial charge in [-0.05, 0) is 65.3 Å². The van der Waals surface area contributed by atoms with Crippen molar-refractivity contribution in [3.63, 3.8) is 0 Å². The molecule has 176 valence electrons. The van der Waals surface area contributed by atoms with E-state index in [-0.39, 0.29) is 11.4 Å². The maximum absolute atomic E-state index is 12.1. The van der Waals surface area contributed by atoms with Crippen LogP contribution in [0.15, 0.2) is 42.5 Å². The number of rotatable bonds is 4. The Morgan fingerprint density at radius 2 is 1.82 bits per heavy atom. The lowest BCUT2D eigenvalue weighted by Gasteiger charge is -2.40. The molecule has 4 nitrogen and oxygen atoms in total. The second kappa shape index (κ2) is 8.62. The summed E-state index contributed by atoms with van der Waals surface area (Å²) in [6.45, 7) is 13.9. The van der Waals surface area contributed by atoms with E-state index in [0.29, 0.717) is 22.9 Å². The van der Waals surface area contributed by atoms with Crippen molar-refractivity contribution in [3.05, 3.63) is 65.0 Å². The highest BCUT2D eigenvalue weighted by molar-refractivity contribution is 5.93. The Balaban J connectivity index is 1.78. The largest absolute Gasteiger partial charge is 0.465 e. The average Bonchev–Trinajstić information content (AvgIpc) is 3.08. The van der Waals surface area contributed by atoms with E-state index < -0.39 is 0 Å². The molecular formula is C29H38N2O2. The standard InChI is InChI=1S/C29H38N2O2/c1-19-14-23(18-29(5,6)17-19)31-25-13-10-21(27(32)33-7)16-24(25)30-26(31)15-20-8-11-22(12-9-20)28(2,3)4/h8-13,16,19,23H,14-15,17-18H2,1-7H3/t19-,23?/m0/s1. The van der Waals surface area contributed by atoms with E-state index in [2.05, 4.69) is 70.4 Å². The fourth-order valence-electron chi connectivity index (χ4n) is 5.72. The molecule has 0 aliphatic heterocycles. The second-order valence-electron chi connectivity index (χ2n) is 11.8. The molecule has 1 aromatic heterocycles. The van der Waals surface area contributed by atoms with Crippen LogP contribution >= 0.6 is 0 Å². The van der Waals surface area contributed by atoms with Crippen molar-refractivity contribution in [3.8, 4) is 0 Å². The van der Waals surface area contributed by atoms with E-state index in [1.165, 1.54) is 24.7 Å². The van der Waals surface area contributed by atoms with Crippen molar-refractivity contribution in [2.45, 2.75) is 78.7 Å². The van der Waals surface area contributed by atoms with E-state index in [1.807, 2.05) is 18.2 Å². The third-order valence-electron chi connectivity index (χ3n) is 7.09. The molecule has 33 heavy (non-hydrogen) atoms. The van der Waals surface area contributed by atoms with E-state index >= 15 is 0 Å². The van der Waals surface area contributed by atoms with Gasteiger partial charge in [0.1, 0.15) is 5.82 Å². The Bertz CT molecular complexity index is 1150. The Kier molecular flexibility index (Phi) is 6.15. The first-order valence-corrected chi connectivity index (χ1v) is 12.2. The molecule has 1 unspecified atom stereocenters. The molecule has 3 aromatic rings. The van der Waals surface area contributed by atoms with Gasteiger partial charge in [0.15, 0.2) is 0 Å². The molecule has 4 rings (SSSR count). The van der Waals surface area contributed by atoms with Gasteiger partial charge in [-0.25, -0.2) is 9.78 Å². The van der Waals surface area contributed by atoms with Crippen LogP contribution in [0.4, 0.5) is 0 Å². The highest BCUT2D eigenvalue weighted by Crippen LogP contribution is 2.45. The zero-order valence-corrected chi connectivity index (χ0v) is 21.2. The minimum atomic E-state index is -0.321. The summed E-state index contributed by atoms with van der Waals surface area (Å²) in [5.41, 5.74) is 5.57. The number of aromatic nitrogens is 2. The summed E-state index contributed by atoms with van der Waals surface area (Å²) in [5.74, 6) is 1.42. The summed E-state index contributed by atoms with van der Waals surface area (Å²) >= 11 is 0. The Morgan fingerprint density at radius 3 is 2.42 bits per heavy atom. The van der Waals surface area contributed by atoms with Crippen LogP contribution in [0.2, 0.25) is 0 Å². The van der Waals surface area contributed by atoms with Crippen LogP contribution < -0.4 is 0 Å². The summed E-state index contributed by atoms with van der Waals surface area (Å²) in [6.07, 6.45) is 4.32. The Morgan fingerprint density at radius 1 is 1.12 bits per heavy atom. The highest BCUT2D eigenvalue weighted by Gasteiger charge is 2.34. The quantitative estimate of drug-likeness (QED) is 0.402. The first-order chi connectivity index (χ1) is 15.5. The number of benzene rings is 2. The fraction of sp³-hybridized carbons (Fsp3) is 0.517. The van der Waals surface area contributed by atoms with E-state index in [9.17, 15) is 4.79 Å². The Labute approximate surface area is 198 Å². The number of carbonyl (C=O) groups excluding carboxylic acids is 1. The van der Waals surface area contributed by atoms with Crippen molar-refractivity contribution in [1.29, 1.82) is 0 Å². The number of hydrogen-bond donors (Lipinski definition) is 0. The molecule has 1 aliphatic carbocycles. The summed E-state index contributed by atoms with van der Waals surface area (Å²) in [5, 5.41) is 0. The molecular weight excluding hydrogens is 408 g/mol. The van der Waals surface area contributed by atoms with E-state index in [4.69, 9.17) is 9.72 Å². The van der Waals surface area contributed by atoms with Gasteiger partial charge >= 0.3 is 5.97 Å². The summed E-state index contributed by atoms with van der Waals surface area (Å²) in [6, 6.07) is 15.1. The van der Waals surface area contributed by atoms with Gasteiger partial charge in [0.05, 0.1) is 23.7 Å². The lowest BCUT2D eigenvalue weighted by Crippen LogP contribution is -2.30. The first kappa shape index (κ1) is 23.5. The molecule has 0 saturated heterocycles. The average molecular weight is 447 g/mol. The number of methoxy groups -OCH3 is 1. The molecule has 1 aliphatic rings. The van der Waals surface area contributed by atoms with Crippen LogP contribution in [0.1, 0.15) is 94.2 Å². The van der Waals surface area contributed by atoms with Crippen molar-refractivity contribution >= 4 is 17.0 Å². The third-order valence-corrected chi connectivity index (χ3v) is 7.09. The van der Waals surface area contributed by atoms with Gasteiger partial charge in [0.2, 0.25) is 0 Å². The van der Waals surface area contributed by atoms with Crippen molar-refractivity contribution in [2.24, 2.45) is 11.3 Å². The normalized spacial score (nSPS) is 20.7. The number of hydrogen-bond acceptors (Lipinski definition) is 3. The smallest absolute Gasteiger partial charge is 0.337 e. The van der Waals surface area contributed by atoms with Crippen LogP contribution in [0.3, 0.4) is 0 Å². The fourth-order valence-corrected chi connectivity index (χ4v) is 5.72. The maximum atomic E-state index is 12.1. The van der Waals surface area contributed by atoms with E-state index in [1.54, 1.807) is 0 Å². The molecule has 1 fully saturated rings. The van der Waals surface area contributed by atoms with Crippen LogP contribution in [0, 0.1) is 11.3 Å². The molecule has 0 bridgehead atoms. The van der Waals surface area contributed by atoms with Gasteiger partial charge in [0.25, 0.3) is 0 Å². The molecule has 4 heteroatoms. The SMILES string of the molecule is COC(=O)c1ccc2c(c1)nc(Cc1ccc(C(C)(C)C)cc1)n2C1C[C@H](C)CC(C)(C)C1. The number of imidazole rings is 1. The molecule has 1 saturated carbocycles. The molecule has 0 N–H and O–H groups in total. The lowest BCUT2D eigenvalue weighted by atomic mass is 9.70. The highest BCUT2D eigenvalue weighted by atomic mass is 16.5. The molecule has 1 heterocycles. The zero-order valence-electron chi connectivity index (χ0n) is 21.2. The van der Waals surface area contributed by atoms with Crippen molar-refractivity contribution in [2.75, 3.05) is 7.11 Å². The van der Waals surface area contributed by atoms with Gasteiger partial charge < -0.3 is 9.30 Å². The summed E-state index contributed by atoms with van der Waals surface area (Å²) < 4.78 is 7.40. The number of nitrogens with zero attached hydrogens (tertiary/aromatic N) is 2. The van der Waals surface area contributed by atoms with Gasteiger partial charge in [-0.2, -0.15) is 0 Å². The summed E-state index contributed by atoms with van der Waals surface area (Å²) in [4.78, 5) is 17.2. The second-order valence-corrected chi connectivity index (χ2v) is 11.8. The number of esters is 1. The van der Waals surface area contributed by atoms with Crippen LogP contribution in [-0.4, -0.2) is 22.6 Å². The van der Waals surface area contributed by atoms with Crippen LogP contribution in [-0.2, 0) is 16.6 Å². The third kappa shape index (κ3) is 5.00. The van der Waals surface area contributed by atoms with Gasteiger partial charge in [-0.1, -0.05) is 65.8 Å². The minimum absolute atomic E-state index is 0.139. The molecule has 0 radical (unpaired) electrons. The summed E-state index contributed by atoms with van der Waals surface area (Å²) in [7, 11) is 1.42. The predicted octanol–water partition coefficient (Wildman–Crippen LogP) is 7.10. The van der Waals surface area contributed by atoms with Gasteiger partial charge in [-0.15, -0.1) is 0 Å². The number of ether oxygens (including phenoxy) is 1. The number of carbonyl (C=O) groups is 1. The molecule has 2 aromatic carbocycles. The maximum Gasteiger partial charge on any atom is 0.337 e. The minimum Gasteiger partial charge on any atom is -0.465 e. The predicted molar refractivity (Wildman–Crippen MR) is 135 cm³/mol. The van der Waals surface area contributed by atoms with Crippen molar-refractivity contribution < 1.29 is 9.53 Å². The first-order valence-electron chi connectivity index (χ1n) is 12.2. The molecule has 0 spiro atoms. The lowest BCUT2D eigenvalue weighted by molar-refractivity contribution is 0.0601.